The number of nitrogens with zero attached hydrogens (tertiary/aromatic N) is 3. The van der Waals surface area contributed by atoms with Crippen LogP contribution in [0.25, 0.3) is 0 Å². The summed E-state index contributed by atoms with van der Waals surface area (Å²) in [6.45, 7) is 8.41. The SMILES string of the molecule is CCCCN(CC)c1nc(C)nc2c1CCC2c1ccc(Cl)cc1Cl. The maximum atomic E-state index is 6.48. The lowest BCUT2D eigenvalue weighted by molar-refractivity contribution is 0.716. The smallest absolute Gasteiger partial charge is 0.135 e. The second-order valence-electron chi connectivity index (χ2n) is 6.65. The standard InChI is InChI=1S/C20H25Cl2N3/c1-4-6-11-25(5-2)20-17-10-9-16(19(17)23-13(3)24-20)15-8-7-14(21)12-18(15)22/h7-8,12,16H,4-6,9-11H2,1-3H3. The molecule has 3 nitrogen and oxygen atoms in total. The van der Waals surface area contributed by atoms with Crippen LogP contribution in [0.15, 0.2) is 18.2 Å². The minimum Gasteiger partial charge on any atom is -0.357 e. The molecule has 25 heavy (non-hydrogen) atoms. The van der Waals surface area contributed by atoms with Gasteiger partial charge in [0.15, 0.2) is 0 Å². The number of unbranched alkanes of at least 4 members (excludes halogenated alkanes) is 1. The van der Waals surface area contributed by atoms with Gasteiger partial charge in [0.2, 0.25) is 0 Å². The number of anilines is 1. The molecule has 134 valence electrons. The monoisotopic (exact) mass is 377 g/mol. The molecule has 5 heteroatoms. The molecule has 1 aromatic carbocycles. The minimum atomic E-state index is 0.227. The van der Waals surface area contributed by atoms with E-state index < -0.39 is 0 Å². The van der Waals surface area contributed by atoms with E-state index in [9.17, 15) is 0 Å². The van der Waals surface area contributed by atoms with Gasteiger partial charge in [-0.25, -0.2) is 9.97 Å². The fourth-order valence-electron chi connectivity index (χ4n) is 3.67. The molecule has 0 aliphatic heterocycles. The second-order valence-corrected chi connectivity index (χ2v) is 7.49. The van der Waals surface area contributed by atoms with E-state index >= 15 is 0 Å². The number of fused-ring (bicyclic) bond motifs is 1. The maximum absolute atomic E-state index is 6.48. The highest BCUT2D eigenvalue weighted by Crippen LogP contribution is 2.43. The average molecular weight is 378 g/mol. The van der Waals surface area contributed by atoms with Crippen molar-refractivity contribution in [2.45, 2.75) is 52.4 Å². The summed E-state index contributed by atoms with van der Waals surface area (Å²) < 4.78 is 0. The summed E-state index contributed by atoms with van der Waals surface area (Å²) in [5.41, 5.74) is 3.55. The van der Waals surface area contributed by atoms with E-state index in [1.54, 1.807) is 0 Å². The lowest BCUT2D eigenvalue weighted by Gasteiger charge is -2.25. The Bertz CT molecular complexity index is 761. The Morgan fingerprint density at radius 3 is 2.68 bits per heavy atom. The van der Waals surface area contributed by atoms with E-state index in [0.29, 0.717) is 5.02 Å². The number of aryl methyl sites for hydroxylation is 1. The molecular weight excluding hydrogens is 353 g/mol. The van der Waals surface area contributed by atoms with Crippen LogP contribution in [0.2, 0.25) is 10.0 Å². The quantitative estimate of drug-likeness (QED) is 0.636. The summed E-state index contributed by atoms with van der Waals surface area (Å²) in [6.07, 6.45) is 4.38. The molecule has 1 aromatic heterocycles. The fourth-order valence-corrected chi connectivity index (χ4v) is 4.21. The van der Waals surface area contributed by atoms with Gasteiger partial charge in [-0.3, -0.25) is 0 Å². The van der Waals surface area contributed by atoms with E-state index in [1.165, 1.54) is 18.4 Å². The predicted octanol–water partition coefficient (Wildman–Crippen LogP) is 5.80. The van der Waals surface area contributed by atoms with Crippen LogP contribution >= 0.6 is 23.2 Å². The van der Waals surface area contributed by atoms with Crippen LogP contribution < -0.4 is 4.90 Å². The third-order valence-electron chi connectivity index (χ3n) is 4.94. The Labute approximate surface area is 160 Å². The summed E-state index contributed by atoms with van der Waals surface area (Å²) >= 11 is 12.5. The first-order valence-corrected chi connectivity index (χ1v) is 9.88. The van der Waals surface area contributed by atoms with E-state index in [1.807, 2.05) is 25.1 Å². The van der Waals surface area contributed by atoms with Crippen LogP contribution in [0.1, 0.15) is 61.7 Å². The Morgan fingerprint density at radius 1 is 1.20 bits per heavy atom. The number of halogens is 2. The maximum Gasteiger partial charge on any atom is 0.135 e. The minimum absolute atomic E-state index is 0.227. The van der Waals surface area contributed by atoms with Crippen molar-refractivity contribution in [1.29, 1.82) is 0 Å². The molecule has 0 spiro atoms. The molecule has 0 bridgehead atoms. The van der Waals surface area contributed by atoms with Crippen molar-refractivity contribution in [2.24, 2.45) is 0 Å². The summed E-state index contributed by atoms with van der Waals surface area (Å²) in [7, 11) is 0. The van der Waals surface area contributed by atoms with Gasteiger partial charge in [-0.2, -0.15) is 0 Å². The van der Waals surface area contributed by atoms with E-state index in [2.05, 4.69) is 18.7 Å². The largest absolute Gasteiger partial charge is 0.357 e. The Morgan fingerprint density at radius 2 is 2.00 bits per heavy atom. The molecule has 0 saturated heterocycles. The fraction of sp³-hybridized carbons (Fsp3) is 0.500. The number of benzene rings is 1. The van der Waals surface area contributed by atoms with Gasteiger partial charge in [0.05, 0.1) is 5.69 Å². The Hall–Kier alpha value is -1.32. The summed E-state index contributed by atoms with van der Waals surface area (Å²) in [4.78, 5) is 12.0. The third kappa shape index (κ3) is 3.78. The molecular formula is C20H25Cl2N3. The number of rotatable bonds is 6. The topological polar surface area (TPSA) is 29.0 Å². The van der Waals surface area contributed by atoms with Crippen molar-refractivity contribution in [2.75, 3.05) is 18.0 Å². The van der Waals surface area contributed by atoms with Crippen molar-refractivity contribution in [3.63, 3.8) is 0 Å². The van der Waals surface area contributed by atoms with Crippen LogP contribution in [-0.2, 0) is 6.42 Å². The molecule has 1 atom stereocenters. The highest BCUT2D eigenvalue weighted by atomic mass is 35.5. The molecule has 1 aliphatic carbocycles. The molecule has 0 radical (unpaired) electrons. The Kier molecular flexibility index (Phi) is 5.85. The normalized spacial score (nSPS) is 16.1. The van der Waals surface area contributed by atoms with Crippen LogP contribution in [-0.4, -0.2) is 23.1 Å². The van der Waals surface area contributed by atoms with E-state index in [0.717, 1.165) is 53.9 Å². The lowest BCUT2D eigenvalue weighted by Crippen LogP contribution is -2.26. The van der Waals surface area contributed by atoms with Crippen molar-refractivity contribution in [3.05, 3.63) is 50.9 Å². The number of hydrogen-bond acceptors (Lipinski definition) is 3. The molecule has 2 aromatic rings. The van der Waals surface area contributed by atoms with Gasteiger partial charge < -0.3 is 4.90 Å². The summed E-state index contributed by atoms with van der Waals surface area (Å²) in [6, 6.07) is 5.77. The molecule has 1 aliphatic rings. The van der Waals surface area contributed by atoms with Gasteiger partial charge in [0, 0.05) is 34.6 Å². The van der Waals surface area contributed by atoms with Crippen LogP contribution in [0.5, 0.6) is 0 Å². The average Bonchev–Trinajstić information content (AvgIpc) is 2.99. The molecule has 3 rings (SSSR count). The molecule has 0 fully saturated rings. The van der Waals surface area contributed by atoms with Gasteiger partial charge in [-0.05, 0) is 50.8 Å². The van der Waals surface area contributed by atoms with Gasteiger partial charge in [0.1, 0.15) is 11.6 Å². The van der Waals surface area contributed by atoms with Gasteiger partial charge in [-0.1, -0.05) is 42.6 Å². The van der Waals surface area contributed by atoms with E-state index in [-0.39, 0.29) is 5.92 Å². The Balaban J connectivity index is 2.02. The second kappa shape index (κ2) is 7.92. The van der Waals surface area contributed by atoms with Gasteiger partial charge in [0.25, 0.3) is 0 Å². The van der Waals surface area contributed by atoms with Gasteiger partial charge in [-0.15, -0.1) is 0 Å². The summed E-state index contributed by atoms with van der Waals surface area (Å²) in [5, 5.41) is 1.39. The molecule has 0 amide bonds. The lowest BCUT2D eigenvalue weighted by atomic mass is 9.96. The molecule has 0 saturated carbocycles. The van der Waals surface area contributed by atoms with E-state index in [4.69, 9.17) is 33.2 Å². The zero-order valence-electron chi connectivity index (χ0n) is 15.1. The zero-order chi connectivity index (χ0) is 18.0. The van der Waals surface area contributed by atoms with Crippen LogP contribution in [0.3, 0.4) is 0 Å². The third-order valence-corrected chi connectivity index (χ3v) is 5.51. The highest BCUT2D eigenvalue weighted by Gasteiger charge is 2.31. The number of aromatic nitrogens is 2. The predicted molar refractivity (Wildman–Crippen MR) is 106 cm³/mol. The molecule has 1 unspecified atom stereocenters. The highest BCUT2D eigenvalue weighted by molar-refractivity contribution is 6.35. The first kappa shape index (κ1) is 18.5. The van der Waals surface area contributed by atoms with Crippen molar-refractivity contribution < 1.29 is 0 Å². The molecule has 0 N–H and O–H groups in total. The van der Waals surface area contributed by atoms with Crippen molar-refractivity contribution in [1.82, 2.24) is 9.97 Å². The van der Waals surface area contributed by atoms with Crippen molar-refractivity contribution in [3.8, 4) is 0 Å². The van der Waals surface area contributed by atoms with Crippen LogP contribution in [0.4, 0.5) is 5.82 Å². The van der Waals surface area contributed by atoms with Crippen molar-refractivity contribution >= 4 is 29.0 Å². The summed E-state index contributed by atoms with van der Waals surface area (Å²) in [5.74, 6) is 2.18. The van der Waals surface area contributed by atoms with Crippen LogP contribution in [0, 0.1) is 6.92 Å². The number of hydrogen-bond donors (Lipinski definition) is 0. The first-order valence-electron chi connectivity index (χ1n) is 9.12. The van der Waals surface area contributed by atoms with Gasteiger partial charge >= 0.3 is 0 Å². The first-order chi connectivity index (χ1) is 12.0. The molecule has 1 heterocycles. The zero-order valence-corrected chi connectivity index (χ0v) is 16.7.